The van der Waals surface area contributed by atoms with E-state index in [1.54, 1.807) is 0 Å². The molecule has 2 saturated heterocycles. The first kappa shape index (κ1) is 27.8. The minimum absolute atomic E-state index is 0. The van der Waals surface area contributed by atoms with Gasteiger partial charge in [0.15, 0.2) is 11.5 Å². The Balaban J connectivity index is 0.00000320. The Morgan fingerprint density at radius 3 is 2.46 bits per heavy atom. The van der Waals surface area contributed by atoms with Gasteiger partial charge in [-0.15, -0.1) is 12.4 Å². The molecular weight excluding hydrogens is 490 g/mol. The average molecular weight is 532 g/mol. The molecule has 1 unspecified atom stereocenters. The van der Waals surface area contributed by atoms with E-state index in [9.17, 15) is 9.59 Å². The molecule has 1 aromatic carbocycles. The van der Waals surface area contributed by atoms with Crippen molar-refractivity contribution in [1.82, 2.24) is 15.1 Å². The Morgan fingerprint density at radius 1 is 1.05 bits per heavy atom. The number of carbonyl (C=O) groups is 2. The molecule has 37 heavy (non-hydrogen) atoms. The maximum absolute atomic E-state index is 13.8. The summed E-state index contributed by atoms with van der Waals surface area (Å²) in [6.45, 7) is 8.12. The van der Waals surface area contributed by atoms with Gasteiger partial charge in [-0.2, -0.15) is 0 Å². The highest BCUT2D eigenvalue weighted by molar-refractivity contribution is 6.00. The highest BCUT2D eigenvalue weighted by Crippen LogP contribution is 2.37. The Morgan fingerprint density at radius 2 is 1.76 bits per heavy atom. The van der Waals surface area contributed by atoms with E-state index in [1.807, 2.05) is 11.0 Å². The van der Waals surface area contributed by atoms with Crippen molar-refractivity contribution in [3.63, 3.8) is 0 Å². The summed E-state index contributed by atoms with van der Waals surface area (Å²) < 4.78 is 11.4. The molecular formula is C29H42ClN3O4. The molecule has 3 aliphatic heterocycles. The van der Waals surface area contributed by atoms with Gasteiger partial charge in [0.2, 0.25) is 11.8 Å². The molecule has 1 atom stereocenters. The third kappa shape index (κ3) is 6.09. The predicted molar refractivity (Wildman–Crippen MR) is 146 cm³/mol. The van der Waals surface area contributed by atoms with Crippen LogP contribution in [0.5, 0.6) is 11.5 Å². The fourth-order valence-corrected chi connectivity index (χ4v) is 6.35. The van der Waals surface area contributed by atoms with Gasteiger partial charge in [0.05, 0.1) is 0 Å². The third-order valence-electron chi connectivity index (χ3n) is 8.48. The molecule has 7 nitrogen and oxygen atoms in total. The van der Waals surface area contributed by atoms with Crippen LogP contribution in [0.1, 0.15) is 70.8 Å². The summed E-state index contributed by atoms with van der Waals surface area (Å²) in [6, 6.07) is 5.75. The monoisotopic (exact) mass is 531 g/mol. The van der Waals surface area contributed by atoms with E-state index in [2.05, 4.69) is 42.3 Å². The van der Waals surface area contributed by atoms with Crippen LogP contribution < -0.4 is 14.8 Å². The Bertz CT molecular complexity index is 995. The molecule has 1 aliphatic carbocycles. The number of piperidine rings is 1. The quantitative estimate of drug-likeness (QED) is 0.548. The summed E-state index contributed by atoms with van der Waals surface area (Å²) in [5.74, 6) is 2.31. The number of allylic oxidation sites excluding steroid dienone is 1. The number of ether oxygens (including phenoxy) is 2. The van der Waals surface area contributed by atoms with Crippen molar-refractivity contribution in [2.24, 2.45) is 5.92 Å². The van der Waals surface area contributed by atoms with Crippen LogP contribution in [0.15, 0.2) is 29.8 Å². The topological polar surface area (TPSA) is 71.1 Å². The van der Waals surface area contributed by atoms with E-state index >= 15 is 0 Å². The number of nitrogens with one attached hydrogen (secondary N) is 1. The number of likely N-dealkylation sites (tertiary alicyclic amines) is 1. The van der Waals surface area contributed by atoms with Gasteiger partial charge in [-0.25, -0.2) is 0 Å². The molecule has 4 aliphatic rings. The molecule has 0 bridgehead atoms. The molecule has 2 amide bonds. The van der Waals surface area contributed by atoms with Crippen molar-refractivity contribution in [2.75, 3.05) is 32.8 Å². The van der Waals surface area contributed by atoms with Crippen LogP contribution in [0.2, 0.25) is 0 Å². The van der Waals surface area contributed by atoms with Crippen molar-refractivity contribution < 1.29 is 19.1 Å². The number of fused-ring (bicyclic) bond motifs is 1. The van der Waals surface area contributed by atoms with E-state index in [0.29, 0.717) is 38.5 Å². The van der Waals surface area contributed by atoms with E-state index in [-0.39, 0.29) is 30.3 Å². The molecule has 204 valence electrons. The summed E-state index contributed by atoms with van der Waals surface area (Å²) in [7, 11) is 0. The number of nitrogens with zero attached hydrogens (tertiary/aromatic N) is 2. The largest absolute Gasteiger partial charge is 0.486 e. The first-order chi connectivity index (χ1) is 17.4. The summed E-state index contributed by atoms with van der Waals surface area (Å²) >= 11 is 0. The minimum Gasteiger partial charge on any atom is -0.486 e. The highest BCUT2D eigenvalue weighted by Gasteiger charge is 2.53. The Hall–Kier alpha value is -2.25. The highest BCUT2D eigenvalue weighted by atomic mass is 35.5. The second-order valence-electron chi connectivity index (χ2n) is 11.3. The Kier molecular flexibility index (Phi) is 9.07. The van der Waals surface area contributed by atoms with E-state index in [4.69, 9.17) is 9.47 Å². The van der Waals surface area contributed by atoms with Gasteiger partial charge in [-0.05, 0) is 56.7 Å². The van der Waals surface area contributed by atoms with Crippen LogP contribution >= 0.6 is 12.4 Å². The zero-order chi connectivity index (χ0) is 25.1. The van der Waals surface area contributed by atoms with Gasteiger partial charge >= 0.3 is 0 Å². The van der Waals surface area contributed by atoms with E-state index < -0.39 is 5.54 Å². The van der Waals surface area contributed by atoms with E-state index in [1.165, 1.54) is 43.2 Å². The minimum atomic E-state index is -0.755. The lowest BCUT2D eigenvalue weighted by Gasteiger charge is -2.51. The number of hydrogen-bond acceptors (Lipinski definition) is 5. The van der Waals surface area contributed by atoms with Gasteiger partial charge in [-0.1, -0.05) is 49.8 Å². The second kappa shape index (κ2) is 12.1. The number of piperazine rings is 1. The first-order valence-corrected chi connectivity index (χ1v) is 13.8. The Labute approximate surface area is 227 Å². The molecule has 1 aromatic rings. The molecule has 8 heteroatoms. The molecule has 1 N–H and O–H groups in total. The van der Waals surface area contributed by atoms with Gasteiger partial charge in [0, 0.05) is 26.2 Å². The van der Waals surface area contributed by atoms with Gasteiger partial charge in [-0.3, -0.25) is 14.5 Å². The van der Waals surface area contributed by atoms with Gasteiger partial charge < -0.3 is 19.7 Å². The third-order valence-corrected chi connectivity index (χ3v) is 8.48. The molecule has 5 rings (SSSR count). The van der Waals surface area contributed by atoms with Crippen molar-refractivity contribution in [2.45, 2.75) is 83.3 Å². The van der Waals surface area contributed by atoms with Crippen molar-refractivity contribution in [3.05, 3.63) is 35.4 Å². The lowest BCUT2D eigenvalue weighted by molar-refractivity contribution is -0.161. The molecule has 1 saturated carbocycles. The number of benzene rings is 1. The number of rotatable bonds is 6. The SMILES string of the molecule is CC(C)=CCN1C(=O)C(CC2CCCCC2)NC(=O)C12CCN(Cc1ccc3c(c1)OCCO3)CC2.Cl. The zero-order valence-electron chi connectivity index (χ0n) is 22.3. The summed E-state index contributed by atoms with van der Waals surface area (Å²) in [5, 5.41) is 3.19. The van der Waals surface area contributed by atoms with Crippen LogP contribution in [0, 0.1) is 5.92 Å². The first-order valence-electron chi connectivity index (χ1n) is 13.8. The number of hydrogen-bond donors (Lipinski definition) is 1. The molecule has 0 aromatic heterocycles. The summed E-state index contributed by atoms with van der Waals surface area (Å²) in [5.41, 5.74) is 1.59. The predicted octanol–water partition coefficient (Wildman–Crippen LogP) is 4.48. The van der Waals surface area contributed by atoms with Gasteiger partial charge in [0.1, 0.15) is 24.8 Å². The lowest BCUT2D eigenvalue weighted by Crippen LogP contribution is -2.72. The van der Waals surface area contributed by atoms with Gasteiger partial charge in [0.25, 0.3) is 0 Å². The second-order valence-corrected chi connectivity index (χ2v) is 11.3. The standard InChI is InChI=1S/C29H41N3O4.ClH/c1-21(2)10-13-32-27(33)24(18-22-6-4-3-5-7-22)30-28(34)29(32)11-14-31(15-12-29)20-23-8-9-25-26(19-23)36-17-16-35-25;/h8-10,19,22,24H,3-7,11-18,20H2,1-2H3,(H,30,34);1H. The summed E-state index contributed by atoms with van der Waals surface area (Å²) in [4.78, 5) is 31.8. The van der Waals surface area contributed by atoms with E-state index in [0.717, 1.165) is 37.6 Å². The fourth-order valence-electron chi connectivity index (χ4n) is 6.35. The summed E-state index contributed by atoms with van der Waals surface area (Å²) in [6.07, 6.45) is 10.3. The van der Waals surface area contributed by atoms with Crippen LogP contribution in [0.25, 0.3) is 0 Å². The fraction of sp³-hybridized carbons (Fsp3) is 0.655. The number of carbonyl (C=O) groups excluding carboxylic acids is 2. The zero-order valence-corrected chi connectivity index (χ0v) is 23.1. The molecule has 0 radical (unpaired) electrons. The molecule has 1 spiro atoms. The van der Waals surface area contributed by atoms with Crippen molar-refractivity contribution >= 4 is 24.2 Å². The molecule has 3 heterocycles. The van der Waals surface area contributed by atoms with Crippen LogP contribution in [0.4, 0.5) is 0 Å². The molecule has 3 fully saturated rings. The smallest absolute Gasteiger partial charge is 0.246 e. The van der Waals surface area contributed by atoms with Crippen LogP contribution in [0.3, 0.4) is 0 Å². The lowest BCUT2D eigenvalue weighted by atomic mass is 9.79. The van der Waals surface area contributed by atoms with Crippen LogP contribution in [-0.2, 0) is 16.1 Å². The normalized spacial score (nSPS) is 23.8. The van der Waals surface area contributed by atoms with Crippen LogP contribution in [-0.4, -0.2) is 66.0 Å². The average Bonchev–Trinajstić information content (AvgIpc) is 2.89. The number of halogens is 1. The maximum Gasteiger partial charge on any atom is 0.246 e. The number of amides is 2. The maximum atomic E-state index is 13.8. The van der Waals surface area contributed by atoms with Crippen molar-refractivity contribution in [3.8, 4) is 11.5 Å². The van der Waals surface area contributed by atoms with Crippen molar-refractivity contribution in [1.29, 1.82) is 0 Å².